The lowest BCUT2D eigenvalue weighted by atomic mass is 10.1. The van der Waals surface area contributed by atoms with Crippen LogP contribution in [0.5, 0.6) is 0 Å². The van der Waals surface area contributed by atoms with Gasteiger partial charge in [-0.3, -0.25) is 0 Å². The van der Waals surface area contributed by atoms with E-state index in [1.165, 1.54) is 11.1 Å². The second-order valence-corrected chi connectivity index (χ2v) is 2.46. The summed E-state index contributed by atoms with van der Waals surface area (Å²) in [6.45, 7) is 15.1. The first kappa shape index (κ1) is 25.1. The van der Waals surface area contributed by atoms with Crippen LogP contribution in [0.3, 0.4) is 0 Å². The Labute approximate surface area is 112 Å². The van der Waals surface area contributed by atoms with Gasteiger partial charge in [0.05, 0.1) is 0 Å². The number of nitrogens with one attached hydrogen (secondary N) is 1. The fraction of sp³-hybridized carbons (Fsp3) is 0.625. The van der Waals surface area contributed by atoms with Crippen molar-refractivity contribution in [3.05, 3.63) is 35.4 Å². The van der Waals surface area contributed by atoms with Crippen LogP contribution in [-0.4, -0.2) is 7.05 Å². The minimum Gasteiger partial charge on any atom is -0.316 e. The molecule has 0 aliphatic rings. The highest BCUT2D eigenvalue weighted by Gasteiger charge is 1.91. The zero-order chi connectivity index (χ0) is 13.4. The Kier molecular flexibility index (Phi) is 36.1. The standard InChI is InChI=1S/C9H13N.3C2H6.CH4.H2/c1-8-5-3-4-6-9(8)7-10-2;3*1-2;;/h3-6,10H,7H2,1-2H3;3*1-2H3;1H4;1H/i;;;;;1+1. The molecule has 0 heterocycles. The van der Waals surface area contributed by atoms with Crippen LogP contribution in [0.15, 0.2) is 24.3 Å². The molecule has 17 heavy (non-hydrogen) atoms. The lowest BCUT2D eigenvalue weighted by Gasteiger charge is -2.02. The number of aryl methyl sites for hydroxylation is 1. The zero-order valence-electron chi connectivity index (χ0n) is 12.5. The molecule has 1 nitrogen and oxygen atoms in total. The van der Waals surface area contributed by atoms with Crippen molar-refractivity contribution in [2.75, 3.05) is 7.05 Å². The predicted octanol–water partition coefficient (Wildman–Crippen LogP) is 5.68. The minimum atomic E-state index is 0. The summed E-state index contributed by atoms with van der Waals surface area (Å²) in [4.78, 5) is 0. The molecule has 0 fully saturated rings. The van der Waals surface area contributed by atoms with Crippen LogP contribution < -0.4 is 5.32 Å². The monoisotopic (exact) mass is 244 g/mol. The second kappa shape index (κ2) is 24.4. The van der Waals surface area contributed by atoms with Gasteiger partial charge < -0.3 is 5.32 Å². The second-order valence-electron chi connectivity index (χ2n) is 2.46. The molecular formula is C16H37N. The summed E-state index contributed by atoms with van der Waals surface area (Å²) in [6, 6.07) is 8.41. The van der Waals surface area contributed by atoms with E-state index in [0.717, 1.165) is 6.54 Å². The van der Waals surface area contributed by atoms with Crippen molar-refractivity contribution < 1.29 is 1.43 Å². The Morgan fingerprint density at radius 1 is 0.941 bits per heavy atom. The fourth-order valence-corrected chi connectivity index (χ4v) is 0.999. The van der Waals surface area contributed by atoms with Crippen molar-refractivity contribution in [2.45, 2.75) is 62.4 Å². The molecule has 106 valence electrons. The van der Waals surface area contributed by atoms with E-state index in [2.05, 4.69) is 36.5 Å². The van der Waals surface area contributed by atoms with Crippen LogP contribution in [0.4, 0.5) is 0 Å². The first-order valence-electron chi connectivity index (χ1n) is 6.53. The van der Waals surface area contributed by atoms with Gasteiger partial charge in [0, 0.05) is 7.97 Å². The molecule has 0 radical (unpaired) electrons. The summed E-state index contributed by atoms with van der Waals surface area (Å²) >= 11 is 0. The maximum absolute atomic E-state index is 3.12. The zero-order valence-corrected chi connectivity index (χ0v) is 12.5. The normalized spacial score (nSPS) is 6.82. The van der Waals surface area contributed by atoms with Crippen molar-refractivity contribution in [3.63, 3.8) is 0 Å². The SMILES string of the molecule is C.CC.CC.CC.CNCc1ccccc1C.[2HH]. The number of rotatable bonds is 2. The van der Waals surface area contributed by atoms with E-state index in [1.807, 2.05) is 48.6 Å². The molecule has 0 saturated carbocycles. The molecule has 0 aliphatic carbocycles. The Balaban J connectivity index is -0.0000000623. The van der Waals surface area contributed by atoms with E-state index in [9.17, 15) is 0 Å². The number of hydrogen-bond donors (Lipinski definition) is 1. The summed E-state index contributed by atoms with van der Waals surface area (Å²) in [5, 5.41) is 3.12. The average Bonchev–Trinajstić information content (AvgIpc) is 2.40. The summed E-state index contributed by atoms with van der Waals surface area (Å²) in [6.07, 6.45) is 0. The van der Waals surface area contributed by atoms with Gasteiger partial charge in [-0.05, 0) is 25.1 Å². The van der Waals surface area contributed by atoms with Crippen LogP contribution in [0.2, 0.25) is 0 Å². The van der Waals surface area contributed by atoms with Gasteiger partial charge >= 0.3 is 0 Å². The summed E-state index contributed by atoms with van der Waals surface area (Å²) in [5.74, 6) is 0. The Hall–Kier alpha value is -0.820. The highest BCUT2D eigenvalue weighted by molar-refractivity contribution is 5.25. The maximum Gasteiger partial charge on any atom is 0.0205 e. The highest BCUT2D eigenvalue weighted by Crippen LogP contribution is 2.05. The molecule has 0 spiro atoms. The van der Waals surface area contributed by atoms with Gasteiger partial charge in [0.1, 0.15) is 0 Å². The molecule has 1 aromatic rings. The van der Waals surface area contributed by atoms with E-state index >= 15 is 0 Å². The van der Waals surface area contributed by atoms with E-state index in [1.54, 1.807) is 0 Å². The third-order valence-electron chi connectivity index (χ3n) is 1.63. The van der Waals surface area contributed by atoms with E-state index in [4.69, 9.17) is 0 Å². The third-order valence-corrected chi connectivity index (χ3v) is 1.63. The molecule has 1 heteroatoms. The predicted molar refractivity (Wildman–Crippen MR) is 86.8 cm³/mol. The van der Waals surface area contributed by atoms with Gasteiger partial charge in [-0.15, -0.1) is 0 Å². The van der Waals surface area contributed by atoms with Crippen LogP contribution in [0.25, 0.3) is 0 Å². The smallest absolute Gasteiger partial charge is 0.0205 e. The van der Waals surface area contributed by atoms with Gasteiger partial charge in [0.15, 0.2) is 0 Å². The number of benzene rings is 1. The molecular weight excluding hydrogens is 206 g/mol. The molecule has 0 aromatic heterocycles. The van der Waals surface area contributed by atoms with Crippen molar-refractivity contribution in [2.24, 2.45) is 0 Å². The largest absolute Gasteiger partial charge is 0.316 e. The van der Waals surface area contributed by atoms with Crippen molar-refractivity contribution >= 4 is 0 Å². The molecule has 0 bridgehead atoms. The lowest BCUT2D eigenvalue weighted by molar-refractivity contribution is 0.812. The summed E-state index contributed by atoms with van der Waals surface area (Å²) in [7, 11) is 1.96. The van der Waals surface area contributed by atoms with Crippen molar-refractivity contribution in [1.29, 1.82) is 0 Å². The highest BCUT2D eigenvalue weighted by atomic mass is 14.8. The van der Waals surface area contributed by atoms with Gasteiger partial charge in [-0.25, -0.2) is 0 Å². The first-order chi connectivity index (χ1) is 7.84. The molecule has 0 atom stereocenters. The minimum absolute atomic E-state index is 0. The van der Waals surface area contributed by atoms with Gasteiger partial charge in [0.2, 0.25) is 0 Å². The van der Waals surface area contributed by atoms with Crippen LogP contribution in [-0.2, 0) is 6.54 Å². The van der Waals surface area contributed by atoms with Crippen LogP contribution in [0.1, 0.15) is 61.5 Å². The third kappa shape index (κ3) is 15.2. The van der Waals surface area contributed by atoms with Crippen LogP contribution >= 0.6 is 0 Å². The average molecular weight is 244 g/mol. The van der Waals surface area contributed by atoms with Crippen molar-refractivity contribution in [3.8, 4) is 0 Å². The fourth-order valence-electron chi connectivity index (χ4n) is 0.999. The molecule has 1 aromatic carbocycles. The molecule has 0 unspecified atom stereocenters. The maximum atomic E-state index is 3.12. The Bertz CT molecular complexity index is 212. The van der Waals surface area contributed by atoms with Crippen LogP contribution in [0, 0.1) is 6.92 Å². The summed E-state index contributed by atoms with van der Waals surface area (Å²) in [5.41, 5.74) is 2.74. The van der Waals surface area contributed by atoms with E-state index in [-0.39, 0.29) is 8.85 Å². The summed E-state index contributed by atoms with van der Waals surface area (Å²) < 4.78 is 0. The number of hydrogen-bond acceptors (Lipinski definition) is 1. The Morgan fingerprint density at radius 3 is 1.71 bits per heavy atom. The first-order valence-corrected chi connectivity index (χ1v) is 6.53. The lowest BCUT2D eigenvalue weighted by Crippen LogP contribution is -2.05. The molecule has 0 saturated heterocycles. The van der Waals surface area contributed by atoms with Gasteiger partial charge in [-0.2, -0.15) is 0 Å². The topological polar surface area (TPSA) is 12.0 Å². The van der Waals surface area contributed by atoms with E-state index in [0.29, 0.717) is 0 Å². The van der Waals surface area contributed by atoms with Gasteiger partial charge in [0.25, 0.3) is 0 Å². The Morgan fingerprint density at radius 2 is 1.35 bits per heavy atom. The quantitative estimate of drug-likeness (QED) is 0.706. The molecule has 1 rings (SSSR count). The van der Waals surface area contributed by atoms with Gasteiger partial charge in [-0.1, -0.05) is 73.2 Å². The van der Waals surface area contributed by atoms with Crippen molar-refractivity contribution in [1.82, 2.24) is 5.32 Å². The molecule has 0 amide bonds. The van der Waals surface area contributed by atoms with E-state index < -0.39 is 0 Å². The molecule has 0 aliphatic heterocycles. The molecule has 1 N–H and O–H groups in total.